The Hall–Kier alpha value is -4.13. The standard InChI is InChI=1S/C31H30N4O3/c1-17(2)10-12-33-15-22-26(21-14-20-7-4-6-19-11-13-34(29(19)20)30(21)37)28-24(16-35(18(3)36)31(28)38)32-23-8-5-9-25(33)27(22)23/h4-9,14-15,17,26,32H,10-13,16H2,1-3H3/t26-/m0/s1. The number of nitrogens with one attached hydrogen (secondary N) is 1. The molecular formula is C31H30N4O3. The van der Waals surface area contributed by atoms with Crippen molar-refractivity contribution < 1.29 is 9.59 Å². The summed E-state index contributed by atoms with van der Waals surface area (Å²) in [7, 11) is 0. The van der Waals surface area contributed by atoms with Crippen LogP contribution in [0.4, 0.5) is 5.69 Å². The molecule has 7 rings (SSSR count). The fraction of sp³-hybridized carbons (Fsp3) is 0.323. The van der Waals surface area contributed by atoms with Gasteiger partial charge in [-0.15, -0.1) is 0 Å². The van der Waals surface area contributed by atoms with E-state index in [4.69, 9.17) is 0 Å². The summed E-state index contributed by atoms with van der Waals surface area (Å²) in [5.74, 6) is -0.657. The highest BCUT2D eigenvalue weighted by Gasteiger charge is 2.43. The minimum atomic E-state index is -0.578. The van der Waals surface area contributed by atoms with Gasteiger partial charge in [-0.2, -0.15) is 0 Å². The molecule has 0 radical (unpaired) electrons. The SMILES string of the molecule is CC(=O)N1CC2=C(C1=O)[C@@H](c1cc3cccc4c3n(c1=O)CC4)c1cn(CCC(C)C)c3cccc(c13)N2. The van der Waals surface area contributed by atoms with Gasteiger partial charge in [0.2, 0.25) is 5.91 Å². The maximum Gasteiger partial charge on any atom is 0.259 e. The van der Waals surface area contributed by atoms with E-state index in [0.717, 1.165) is 52.4 Å². The summed E-state index contributed by atoms with van der Waals surface area (Å²) >= 11 is 0. The molecule has 0 spiro atoms. The molecular weight excluding hydrogens is 476 g/mol. The van der Waals surface area contributed by atoms with Gasteiger partial charge in [0.05, 0.1) is 23.2 Å². The number of para-hydroxylation sites is 1. The van der Waals surface area contributed by atoms with E-state index in [1.165, 1.54) is 17.4 Å². The van der Waals surface area contributed by atoms with E-state index >= 15 is 0 Å². The molecule has 2 amide bonds. The molecule has 0 bridgehead atoms. The van der Waals surface area contributed by atoms with Crippen LogP contribution in [0.2, 0.25) is 0 Å². The van der Waals surface area contributed by atoms with E-state index in [1.807, 2.05) is 34.9 Å². The number of amides is 2. The Kier molecular flexibility index (Phi) is 4.96. The molecule has 3 aliphatic rings. The first kappa shape index (κ1) is 23.0. The number of carbonyl (C=O) groups is 2. The molecule has 7 nitrogen and oxygen atoms in total. The molecule has 0 saturated carbocycles. The van der Waals surface area contributed by atoms with Gasteiger partial charge in [0.25, 0.3) is 11.5 Å². The Morgan fingerprint density at radius 1 is 1.11 bits per heavy atom. The van der Waals surface area contributed by atoms with Crippen LogP contribution in [0.1, 0.15) is 49.8 Å². The maximum atomic E-state index is 14.1. The molecule has 4 aromatic rings. The lowest BCUT2D eigenvalue weighted by Crippen LogP contribution is -2.34. The third-order valence-electron chi connectivity index (χ3n) is 8.40. The van der Waals surface area contributed by atoms with Crippen LogP contribution in [0.15, 0.2) is 64.7 Å². The molecule has 5 heterocycles. The van der Waals surface area contributed by atoms with E-state index < -0.39 is 5.92 Å². The summed E-state index contributed by atoms with van der Waals surface area (Å²) in [6, 6.07) is 14.3. The second-order valence-electron chi connectivity index (χ2n) is 11.2. The number of carbonyl (C=O) groups excluding carboxylic acids is 2. The molecule has 2 aromatic carbocycles. The molecule has 1 atom stereocenters. The van der Waals surface area contributed by atoms with E-state index in [1.54, 1.807) is 0 Å². The molecule has 0 unspecified atom stereocenters. The predicted molar refractivity (Wildman–Crippen MR) is 148 cm³/mol. The molecule has 0 fully saturated rings. The Balaban J connectivity index is 1.53. The monoisotopic (exact) mass is 506 g/mol. The van der Waals surface area contributed by atoms with Gasteiger partial charge in [-0.05, 0) is 53.5 Å². The summed E-state index contributed by atoms with van der Waals surface area (Å²) in [4.78, 5) is 41.7. The number of nitrogens with zero attached hydrogens (tertiary/aromatic N) is 3. The lowest BCUT2D eigenvalue weighted by molar-refractivity contribution is -0.139. The van der Waals surface area contributed by atoms with Crippen LogP contribution >= 0.6 is 0 Å². The van der Waals surface area contributed by atoms with Gasteiger partial charge < -0.3 is 14.5 Å². The maximum absolute atomic E-state index is 14.1. The van der Waals surface area contributed by atoms with Gasteiger partial charge in [-0.3, -0.25) is 19.3 Å². The van der Waals surface area contributed by atoms with Crippen molar-refractivity contribution >= 4 is 39.3 Å². The summed E-state index contributed by atoms with van der Waals surface area (Å²) in [6.45, 7) is 7.50. The second kappa shape index (κ2) is 8.18. The van der Waals surface area contributed by atoms with Crippen molar-refractivity contribution in [3.8, 4) is 0 Å². The first-order valence-corrected chi connectivity index (χ1v) is 13.4. The average Bonchev–Trinajstić information content (AvgIpc) is 3.55. The number of hydrogen-bond acceptors (Lipinski definition) is 4. The molecule has 0 saturated heterocycles. The van der Waals surface area contributed by atoms with Gasteiger partial charge in [0.15, 0.2) is 0 Å². The van der Waals surface area contributed by atoms with E-state index in [0.29, 0.717) is 29.3 Å². The minimum Gasteiger partial charge on any atom is -0.356 e. The second-order valence-corrected chi connectivity index (χ2v) is 11.2. The van der Waals surface area contributed by atoms with Gasteiger partial charge in [-0.1, -0.05) is 38.1 Å². The third-order valence-corrected chi connectivity index (χ3v) is 8.40. The number of aromatic nitrogens is 2. The number of pyridine rings is 1. The van der Waals surface area contributed by atoms with Crippen molar-refractivity contribution in [3.63, 3.8) is 0 Å². The highest BCUT2D eigenvalue weighted by Crippen LogP contribution is 2.46. The number of imide groups is 1. The van der Waals surface area contributed by atoms with E-state index in [2.05, 4.69) is 42.1 Å². The highest BCUT2D eigenvalue weighted by molar-refractivity contribution is 6.11. The number of rotatable bonds is 4. The number of aryl methyl sites for hydroxylation is 3. The fourth-order valence-corrected chi connectivity index (χ4v) is 6.58. The van der Waals surface area contributed by atoms with Gasteiger partial charge in [0.1, 0.15) is 0 Å². The van der Waals surface area contributed by atoms with Crippen LogP contribution in [-0.2, 0) is 29.1 Å². The van der Waals surface area contributed by atoms with Crippen molar-refractivity contribution in [1.82, 2.24) is 14.0 Å². The van der Waals surface area contributed by atoms with Gasteiger partial charge in [-0.25, -0.2) is 0 Å². The first-order chi connectivity index (χ1) is 18.3. The Morgan fingerprint density at radius 3 is 2.71 bits per heavy atom. The normalized spacial score (nSPS) is 18.1. The van der Waals surface area contributed by atoms with Crippen LogP contribution in [-0.4, -0.2) is 32.4 Å². The van der Waals surface area contributed by atoms with Crippen molar-refractivity contribution in [1.29, 1.82) is 0 Å². The fourth-order valence-electron chi connectivity index (χ4n) is 6.58. The highest BCUT2D eigenvalue weighted by atomic mass is 16.2. The first-order valence-electron chi connectivity index (χ1n) is 13.4. The van der Waals surface area contributed by atoms with Crippen molar-refractivity contribution in [2.75, 3.05) is 11.9 Å². The zero-order valence-corrected chi connectivity index (χ0v) is 21.9. The molecule has 192 valence electrons. The Labute approximate surface area is 220 Å². The third kappa shape index (κ3) is 3.17. The molecule has 7 heteroatoms. The minimum absolute atomic E-state index is 0.0594. The zero-order valence-electron chi connectivity index (χ0n) is 21.9. The number of anilines is 1. The zero-order chi connectivity index (χ0) is 26.3. The van der Waals surface area contributed by atoms with Crippen molar-refractivity contribution in [2.45, 2.75) is 52.6 Å². The molecule has 38 heavy (non-hydrogen) atoms. The summed E-state index contributed by atoms with van der Waals surface area (Å²) < 4.78 is 4.13. The summed E-state index contributed by atoms with van der Waals surface area (Å²) in [5.41, 5.74) is 6.82. The van der Waals surface area contributed by atoms with Crippen molar-refractivity contribution in [2.24, 2.45) is 5.92 Å². The van der Waals surface area contributed by atoms with Gasteiger partial charge >= 0.3 is 0 Å². The average molecular weight is 507 g/mol. The van der Waals surface area contributed by atoms with Crippen molar-refractivity contribution in [3.05, 3.63) is 87.0 Å². The largest absolute Gasteiger partial charge is 0.356 e. The Bertz CT molecular complexity index is 1790. The molecule has 2 aromatic heterocycles. The van der Waals surface area contributed by atoms with Crippen LogP contribution in [0, 0.1) is 5.92 Å². The number of hydrogen-bond donors (Lipinski definition) is 1. The quantitative estimate of drug-likeness (QED) is 0.433. The van der Waals surface area contributed by atoms with Crippen LogP contribution in [0.5, 0.6) is 0 Å². The van der Waals surface area contributed by atoms with Gasteiger partial charge in [0, 0.05) is 54.5 Å². The Morgan fingerprint density at radius 2 is 1.92 bits per heavy atom. The van der Waals surface area contributed by atoms with E-state index in [-0.39, 0.29) is 23.9 Å². The summed E-state index contributed by atoms with van der Waals surface area (Å²) in [5, 5.41) is 5.56. The molecule has 0 aliphatic carbocycles. The van der Waals surface area contributed by atoms with Crippen LogP contribution < -0.4 is 10.9 Å². The predicted octanol–water partition coefficient (Wildman–Crippen LogP) is 4.76. The summed E-state index contributed by atoms with van der Waals surface area (Å²) in [6.07, 6.45) is 3.97. The van der Waals surface area contributed by atoms with Crippen LogP contribution in [0.25, 0.3) is 21.8 Å². The lowest BCUT2D eigenvalue weighted by atomic mass is 9.84. The van der Waals surface area contributed by atoms with E-state index in [9.17, 15) is 14.4 Å². The van der Waals surface area contributed by atoms with Crippen LogP contribution in [0.3, 0.4) is 0 Å². The lowest BCUT2D eigenvalue weighted by Gasteiger charge is -2.20. The molecule has 3 aliphatic heterocycles. The topological polar surface area (TPSA) is 76.3 Å². The number of benzene rings is 2. The molecule has 1 N–H and O–H groups in total. The smallest absolute Gasteiger partial charge is 0.259 e.